The molecule has 5 nitrogen and oxygen atoms in total. The molecule has 4 N–H and O–H groups in total. The minimum Gasteiger partial charge on any atom is -0.367 e. The minimum atomic E-state index is 0.473. The van der Waals surface area contributed by atoms with E-state index in [0.717, 1.165) is 23.6 Å². The fourth-order valence-electron chi connectivity index (χ4n) is 3.76. The predicted octanol–water partition coefficient (Wildman–Crippen LogP) is 2.00. The molecule has 0 saturated heterocycles. The highest BCUT2D eigenvalue weighted by molar-refractivity contribution is 5.46. The maximum atomic E-state index is 5.35. The van der Waals surface area contributed by atoms with Crippen LogP contribution in [0.25, 0.3) is 0 Å². The van der Waals surface area contributed by atoms with E-state index in [2.05, 4.69) is 27.6 Å². The van der Waals surface area contributed by atoms with Gasteiger partial charge in [-0.25, -0.2) is 15.8 Å². The van der Waals surface area contributed by atoms with E-state index in [4.69, 9.17) is 5.84 Å². The number of nitrogens with one attached hydrogen (secondary N) is 2. The van der Waals surface area contributed by atoms with Crippen LogP contribution in [0.1, 0.15) is 32.6 Å². The molecule has 0 amide bonds. The first-order valence-corrected chi connectivity index (χ1v) is 6.81. The van der Waals surface area contributed by atoms with Gasteiger partial charge in [0.2, 0.25) is 0 Å². The summed E-state index contributed by atoms with van der Waals surface area (Å²) >= 11 is 0. The number of hydrazine groups is 1. The highest BCUT2D eigenvalue weighted by Gasteiger charge is 2.41. The van der Waals surface area contributed by atoms with Crippen LogP contribution in [0.5, 0.6) is 0 Å². The molecule has 1 aromatic rings. The Labute approximate surface area is 108 Å². The maximum absolute atomic E-state index is 5.35. The van der Waals surface area contributed by atoms with Crippen molar-refractivity contribution in [2.24, 2.45) is 23.6 Å². The lowest BCUT2D eigenvalue weighted by atomic mass is 9.84. The number of nitrogen functional groups attached to an aromatic ring is 1. The van der Waals surface area contributed by atoms with Gasteiger partial charge in [0, 0.05) is 12.1 Å². The molecular formula is C13H21N5. The zero-order valence-electron chi connectivity index (χ0n) is 10.8. The minimum absolute atomic E-state index is 0.473. The summed E-state index contributed by atoms with van der Waals surface area (Å²) in [5.74, 6) is 9.56. The van der Waals surface area contributed by atoms with Crippen molar-refractivity contribution >= 4 is 11.6 Å². The molecule has 2 fully saturated rings. The Bertz CT molecular complexity index is 422. The van der Waals surface area contributed by atoms with Crippen molar-refractivity contribution in [1.29, 1.82) is 0 Å². The normalized spacial score (nSPS) is 31.3. The van der Waals surface area contributed by atoms with E-state index in [1.54, 1.807) is 0 Å². The summed E-state index contributed by atoms with van der Waals surface area (Å²) in [7, 11) is 0. The number of aromatic nitrogens is 2. The summed E-state index contributed by atoms with van der Waals surface area (Å²) in [4.78, 5) is 8.26. The van der Waals surface area contributed by atoms with E-state index < -0.39 is 0 Å². The summed E-state index contributed by atoms with van der Waals surface area (Å²) in [5, 5.41) is 3.50. The first-order valence-electron chi connectivity index (χ1n) is 6.81. The topological polar surface area (TPSA) is 75.9 Å². The van der Waals surface area contributed by atoms with Crippen molar-refractivity contribution < 1.29 is 0 Å². The van der Waals surface area contributed by atoms with E-state index in [1.165, 1.54) is 32.0 Å². The molecule has 98 valence electrons. The molecule has 4 unspecified atom stereocenters. The number of fused-ring (bicyclic) bond motifs is 2. The van der Waals surface area contributed by atoms with Crippen molar-refractivity contribution in [3.63, 3.8) is 0 Å². The van der Waals surface area contributed by atoms with Gasteiger partial charge in [-0.15, -0.1) is 0 Å². The number of nitrogens with two attached hydrogens (primary N) is 1. The number of nitrogens with zero attached hydrogens (tertiary/aromatic N) is 2. The first-order chi connectivity index (χ1) is 8.76. The van der Waals surface area contributed by atoms with Gasteiger partial charge in [-0.3, -0.25) is 0 Å². The summed E-state index contributed by atoms with van der Waals surface area (Å²) in [6.07, 6.45) is 7.22. The first kappa shape index (κ1) is 11.7. The Hall–Kier alpha value is -1.36. The van der Waals surface area contributed by atoms with Gasteiger partial charge in [0.1, 0.15) is 18.0 Å². The molecule has 4 atom stereocenters. The Morgan fingerprint density at radius 3 is 2.78 bits per heavy atom. The lowest BCUT2D eigenvalue weighted by Crippen LogP contribution is -2.30. The van der Waals surface area contributed by atoms with E-state index in [-0.39, 0.29) is 0 Å². The monoisotopic (exact) mass is 247 g/mol. The Morgan fingerprint density at radius 1 is 1.28 bits per heavy atom. The molecule has 0 aliphatic heterocycles. The quantitative estimate of drug-likeness (QED) is 0.560. The summed E-state index contributed by atoms with van der Waals surface area (Å²) in [6, 6.07) is 2.32. The predicted molar refractivity (Wildman–Crippen MR) is 71.9 cm³/mol. The van der Waals surface area contributed by atoms with Crippen LogP contribution in [-0.2, 0) is 0 Å². The van der Waals surface area contributed by atoms with Gasteiger partial charge in [-0.1, -0.05) is 6.42 Å². The number of hydrogen-bond donors (Lipinski definition) is 3. The summed E-state index contributed by atoms with van der Waals surface area (Å²) < 4.78 is 0. The Kier molecular flexibility index (Phi) is 3.07. The SMILES string of the molecule is CC(Nc1cc(NN)ncn1)C1CC2CCC1C2. The van der Waals surface area contributed by atoms with Crippen LogP contribution in [0.3, 0.4) is 0 Å². The molecule has 1 aromatic heterocycles. The van der Waals surface area contributed by atoms with Gasteiger partial charge in [-0.05, 0) is 43.9 Å². The second-order valence-electron chi connectivity index (χ2n) is 5.70. The lowest BCUT2D eigenvalue weighted by molar-refractivity contribution is 0.304. The van der Waals surface area contributed by atoms with Crippen molar-refractivity contribution in [3.8, 4) is 0 Å². The molecule has 0 spiro atoms. The number of hydrogen-bond acceptors (Lipinski definition) is 5. The van der Waals surface area contributed by atoms with Gasteiger partial charge in [0.25, 0.3) is 0 Å². The third kappa shape index (κ3) is 2.14. The Balaban J connectivity index is 1.65. The summed E-state index contributed by atoms with van der Waals surface area (Å²) in [5.41, 5.74) is 2.55. The van der Waals surface area contributed by atoms with Crippen LogP contribution in [-0.4, -0.2) is 16.0 Å². The molecule has 0 radical (unpaired) electrons. The fraction of sp³-hybridized carbons (Fsp3) is 0.692. The van der Waals surface area contributed by atoms with Crippen molar-refractivity contribution in [2.45, 2.75) is 38.6 Å². The average molecular weight is 247 g/mol. The second kappa shape index (κ2) is 4.72. The van der Waals surface area contributed by atoms with Crippen LogP contribution < -0.4 is 16.6 Å². The van der Waals surface area contributed by atoms with Crippen molar-refractivity contribution in [1.82, 2.24) is 9.97 Å². The lowest BCUT2D eigenvalue weighted by Gasteiger charge is -2.28. The van der Waals surface area contributed by atoms with Gasteiger partial charge in [0.15, 0.2) is 0 Å². The standard InChI is InChI=1S/C13H21N5/c1-8(11-5-9-2-3-10(11)4-9)17-12-6-13(18-14)16-7-15-12/h6-11H,2-5,14H2,1H3,(H2,15,16,17,18). The van der Waals surface area contributed by atoms with Gasteiger partial charge < -0.3 is 10.7 Å². The largest absolute Gasteiger partial charge is 0.367 e. The highest BCUT2D eigenvalue weighted by atomic mass is 15.3. The van der Waals surface area contributed by atoms with Crippen LogP contribution in [0.15, 0.2) is 12.4 Å². The molecule has 2 bridgehead atoms. The van der Waals surface area contributed by atoms with Gasteiger partial charge in [0.05, 0.1) is 0 Å². The fourth-order valence-corrected chi connectivity index (χ4v) is 3.76. The second-order valence-corrected chi connectivity index (χ2v) is 5.70. The number of rotatable bonds is 4. The molecule has 3 rings (SSSR count). The number of anilines is 2. The van der Waals surface area contributed by atoms with Crippen LogP contribution in [0.2, 0.25) is 0 Å². The van der Waals surface area contributed by atoms with Gasteiger partial charge >= 0.3 is 0 Å². The molecule has 0 aromatic carbocycles. The molecule has 2 aliphatic carbocycles. The van der Waals surface area contributed by atoms with Crippen LogP contribution in [0.4, 0.5) is 11.6 Å². The molecule has 1 heterocycles. The van der Waals surface area contributed by atoms with Crippen molar-refractivity contribution in [2.75, 3.05) is 10.7 Å². The third-order valence-corrected chi connectivity index (χ3v) is 4.63. The maximum Gasteiger partial charge on any atom is 0.145 e. The molecule has 5 heteroatoms. The smallest absolute Gasteiger partial charge is 0.145 e. The van der Waals surface area contributed by atoms with Crippen LogP contribution in [0, 0.1) is 17.8 Å². The summed E-state index contributed by atoms with van der Waals surface area (Å²) in [6.45, 7) is 2.27. The molecule has 18 heavy (non-hydrogen) atoms. The Morgan fingerprint density at radius 2 is 2.11 bits per heavy atom. The van der Waals surface area contributed by atoms with E-state index in [1.807, 2.05) is 6.07 Å². The molecular weight excluding hydrogens is 226 g/mol. The van der Waals surface area contributed by atoms with Crippen LogP contribution >= 0.6 is 0 Å². The van der Waals surface area contributed by atoms with E-state index >= 15 is 0 Å². The van der Waals surface area contributed by atoms with Crippen molar-refractivity contribution in [3.05, 3.63) is 12.4 Å². The third-order valence-electron chi connectivity index (χ3n) is 4.63. The zero-order chi connectivity index (χ0) is 12.5. The van der Waals surface area contributed by atoms with E-state index in [9.17, 15) is 0 Å². The molecule has 2 saturated carbocycles. The van der Waals surface area contributed by atoms with E-state index in [0.29, 0.717) is 11.9 Å². The highest BCUT2D eigenvalue weighted by Crippen LogP contribution is 2.49. The zero-order valence-corrected chi connectivity index (χ0v) is 10.8. The average Bonchev–Trinajstić information content (AvgIpc) is 3.01. The molecule has 2 aliphatic rings. The van der Waals surface area contributed by atoms with Gasteiger partial charge in [-0.2, -0.15) is 0 Å².